The van der Waals surface area contributed by atoms with E-state index in [0.29, 0.717) is 11.8 Å². The average molecular weight is 357 g/mol. The fourth-order valence-corrected chi connectivity index (χ4v) is 2.57. The molecular weight excluding hydrogens is 334 g/mol. The van der Waals surface area contributed by atoms with Gasteiger partial charge < -0.3 is 14.5 Å². The molecule has 0 fully saturated rings. The number of aldehydes is 1. The second-order valence-electron chi connectivity index (χ2n) is 6.77. The van der Waals surface area contributed by atoms with Crippen LogP contribution in [0.2, 0.25) is 0 Å². The summed E-state index contributed by atoms with van der Waals surface area (Å²) in [5, 5.41) is 0. The molecule has 0 spiro atoms. The Hall–Kier alpha value is -2.89. The third-order valence-electron chi connectivity index (χ3n) is 3.56. The molecule has 0 atom stereocenters. The zero-order valence-corrected chi connectivity index (χ0v) is 15.4. The fourth-order valence-electron chi connectivity index (χ4n) is 2.57. The van der Waals surface area contributed by atoms with Crippen LogP contribution in [-0.4, -0.2) is 35.4 Å². The van der Waals surface area contributed by atoms with Crippen molar-refractivity contribution in [3.8, 4) is 0 Å². The number of nitrogens with one attached hydrogen (secondary N) is 1. The molecule has 2 aromatic rings. The Balaban J connectivity index is 2.57. The van der Waals surface area contributed by atoms with Gasteiger partial charge in [0.15, 0.2) is 6.29 Å². The number of hydrogen-bond acceptors (Lipinski definition) is 5. The molecule has 2 rings (SSSR count). The second-order valence-corrected chi connectivity index (χ2v) is 6.77. The lowest BCUT2D eigenvalue weighted by atomic mass is 10.00. The lowest BCUT2D eigenvalue weighted by Crippen LogP contribution is -2.25. The highest BCUT2D eigenvalue weighted by Gasteiger charge is 2.29. The summed E-state index contributed by atoms with van der Waals surface area (Å²) in [6.07, 6.45) is 0.794. The molecule has 1 N–H and O–H groups in total. The summed E-state index contributed by atoms with van der Waals surface area (Å²) in [4.78, 5) is 39.2. The van der Waals surface area contributed by atoms with Gasteiger partial charge >= 0.3 is 11.9 Å². The largest absolute Gasteiger partial charge is 0.462 e. The Morgan fingerprint density at radius 2 is 1.77 bits per heavy atom. The van der Waals surface area contributed by atoms with Crippen molar-refractivity contribution in [1.29, 1.82) is 0 Å². The number of H-pyrrole nitrogens is 1. The van der Waals surface area contributed by atoms with Gasteiger partial charge in [-0.05, 0) is 33.3 Å². The van der Waals surface area contributed by atoms with Crippen molar-refractivity contribution < 1.29 is 23.9 Å². The first kappa shape index (κ1) is 19.4. The van der Waals surface area contributed by atoms with Crippen molar-refractivity contribution in [2.45, 2.75) is 39.7 Å². The third kappa shape index (κ3) is 4.59. The topological polar surface area (TPSA) is 85.5 Å². The first-order chi connectivity index (χ1) is 12.3. The van der Waals surface area contributed by atoms with E-state index >= 15 is 0 Å². The molecule has 26 heavy (non-hydrogen) atoms. The van der Waals surface area contributed by atoms with Crippen molar-refractivity contribution >= 4 is 18.2 Å². The molecule has 1 aromatic carbocycles. The number of ether oxygens (including phenoxy) is 2. The highest BCUT2D eigenvalue weighted by molar-refractivity contribution is 6.03. The normalized spacial score (nSPS) is 11.1. The third-order valence-corrected chi connectivity index (χ3v) is 3.56. The van der Waals surface area contributed by atoms with E-state index in [1.165, 1.54) is 0 Å². The Labute approximate surface area is 152 Å². The summed E-state index contributed by atoms with van der Waals surface area (Å²) in [7, 11) is 0. The molecule has 0 amide bonds. The standard InChI is InChI=1S/C20H23NO5/c1-5-25-18(23)16-14(11-13-9-7-6-8-10-13)17(21-15(16)12-22)19(24)26-20(2,3)4/h6-10,12,21H,5,11H2,1-4H3. The van der Waals surface area contributed by atoms with E-state index in [-0.39, 0.29) is 30.0 Å². The quantitative estimate of drug-likeness (QED) is 0.631. The Bertz CT molecular complexity index is 800. The van der Waals surface area contributed by atoms with Gasteiger partial charge in [0, 0.05) is 12.0 Å². The number of benzene rings is 1. The zero-order chi connectivity index (χ0) is 19.3. The number of aromatic amines is 1. The zero-order valence-electron chi connectivity index (χ0n) is 15.4. The molecule has 0 aliphatic rings. The minimum absolute atomic E-state index is 0.00948. The lowest BCUT2D eigenvalue weighted by molar-refractivity contribution is 0.00625. The van der Waals surface area contributed by atoms with Crippen LogP contribution in [0.3, 0.4) is 0 Å². The van der Waals surface area contributed by atoms with Gasteiger partial charge in [0.05, 0.1) is 17.9 Å². The van der Waals surface area contributed by atoms with Crippen LogP contribution in [0.4, 0.5) is 0 Å². The van der Waals surface area contributed by atoms with Crippen LogP contribution >= 0.6 is 0 Å². The highest BCUT2D eigenvalue weighted by atomic mass is 16.6. The monoisotopic (exact) mass is 357 g/mol. The molecule has 0 saturated carbocycles. The van der Waals surface area contributed by atoms with E-state index in [2.05, 4.69) is 4.98 Å². The molecule has 6 nitrogen and oxygen atoms in total. The minimum atomic E-state index is -0.711. The predicted octanol–water partition coefficient (Wildman–Crippen LogP) is 3.55. The maximum Gasteiger partial charge on any atom is 0.355 e. The van der Waals surface area contributed by atoms with Crippen LogP contribution in [-0.2, 0) is 15.9 Å². The Kier molecular flexibility index (Phi) is 5.97. The Morgan fingerprint density at radius 1 is 1.12 bits per heavy atom. The highest BCUT2D eigenvalue weighted by Crippen LogP contribution is 2.25. The summed E-state index contributed by atoms with van der Waals surface area (Å²) in [5.74, 6) is -1.27. The van der Waals surface area contributed by atoms with E-state index < -0.39 is 17.5 Å². The van der Waals surface area contributed by atoms with Gasteiger partial charge in [-0.2, -0.15) is 0 Å². The molecular formula is C20H23NO5. The molecule has 0 bridgehead atoms. The molecule has 0 aliphatic heterocycles. The number of aromatic nitrogens is 1. The van der Waals surface area contributed by atoms with E-state index in [4.69, 9.17) is 9.47 Å². The van der Waals surface area contributed by atoms with E-state index in [1.807, 2.05) is 30.3 Å². The van der Waals surface area contributed by atoms with Crippen molar-refractivity contribution in [1.82, 2.24) is 4.98 Å². The molecule has 0 radical (unpaired) electrons. The smallest absolute Gasteiger partial charge is 0.355 e. The molecule has 1 aromatic heterocycles. The molecule has 0 saturated heterocycles. The summed E-state index contributed by atoms with van der Waals surface area (Å²) in [6, 6.07) is 9.35. The number of rotatable bonds is 6. The maximum absolute atomic E-state index is 12.6. The molecule has 0 aliphatic carbocycles. The van der Waals surface area contributed by atoms with Crippen LogP contribution < -0.4 is 0 Å². The van der Waals surface area contributed by atoms with E-state index in [9.17, 15) is 14.4 Å². The van der Waals surface area contributed by atoms with Crippen LogP contribution in [0, 0.1) is 0 Å². The van der Waals surface area contributed by atoms with Crippen LogP contribution in [0.25, 0.3) is 0 Å². The maximum atomic E-state index is 12.6. The van der Waals surface area contributed by atoms with E-state index in [1.54, 1.807) is 27.7 Å². The second kappa shape index (κ2) is 7.99. The van der Waals surface area contributed by atoms with E-state index in [0.717, 1.165) is 5.56 Å². The van der Waals surface area contributed by atoms with Gasteiger partial charge in [-0.1, -0.05) is 30.3 Å². The summed E-state index contributed by atoms with van der Waals surface area (Å²) >= 11 is 0. The average Bonchev–Trinajstić information content (AvgIpc) is 2.93. The molecule has 1 heterocycles. The van der Waals surface area contributed by atoms with Gasteiger partial charge in [0.2, 0.25) is 0 Å². The number of carbonyl (C=O) groups excluding carboxylic acids is 3. The number of esters is 2. The lowest BCUT2D eigenvalue weighted by Gasteiger charge is -2.19. The van der Waals surface area contributed by atoms with Gasteiger partial charge in [-0.25, -0.2) is 9.59 Å². The van der Waals surface area contributed by atoms with Gasteiger partial charge in [0.25, 0.3) is 0 Å². The number of carbonyl (C=O) groups is 3. The molecule has 0 unspecified atom stereocenters. The first-order valence-electron chi connectivity index (χ1n) is 8.41. The number of hydrogen-bond donors (Lipinski definition) is 1. The van der Waals surface area contributed by atoms with Gasteiger partial charge in [-0.15, -0.1) is 0 Å². The molecule has 138 valence electrons. The van der Waals surface area contributed by atoms with Gasteiger partial charge in [-0.3, -0.25) is 4.79 Å². The summed E-state index contributed by atoms with van der Waals surface area (Å²) in [5.41, 5.74) is 0.749. The first-order valence-corrected chi connectivity index (χ1v) is 8.41. The van der Waals surface area contributed by atoms with Crippen molar-refractivity contribution in [2.75, 3.05) is 6.61 Å². The van der Waals surface area contributed by atoms with Crippen LogP contribution in [0.5, 0.6) is 0 Å². The van der Waals surface area contributed by atoms with Gasteiger partial charge in [0.1, 0.15) is 11.3 Å². The van der Waals surface area contributed by atoms with Crippen LogP contribution in [0.15, 0.2) is 30.3 Å². The summed E-state index contributed by atoms with van der Waals surface area (Å²) < 4.78 is 10.5. The minimum Gasteiger partial charge on any atom is -0.462 e. The van der Waals surface area contributed by atoms with Crippen molar-refractivity contribution in [2.24, 2.45) is 0 Å². The SMILES string of the molecule is CCOC(=O)c1c(C=O)[nH]c(C(=O)OC(C)(C)C)c1Cc1ccccc1. The van der Waals surface area contributed by atoms with Crippen molar-refractivity contribution in [3.05, 3.63) is 58.4 Å². The summed E-state index contributed by atoms with van der Waals surface area (Å²) in [6.45, 7) is 7.08. The molecule has 6 heteroatoms. The predicted molar refractivity (Wildman–Crippen MR) is 96.6 cm³/mol. The van der Waals surface area contributed by atoms with Crippen LogP contribution in [0.1, 0.15) is 70.2 Å². The van der Waals surface area contributed by atoms with Crippen molar-refractivity contribution in [3.63, 3.8) is 0 Å². The Morgan fingerprint density at radius 3 is 2.31 bits per heavy atom. The fraction of sp³-hybridized carbons (Fsp3) is 0.350.